The van der Waals surface area contributed by atoms with Crippen molar-refractivity contribution in [3.63, 3.8) is 0 Å². The Morgan fingerprint density at radius 2 is 1.89 bits per heavy atom. The first-order chi connectivity index (χ1) is 8.42. The lowest BCUT2D eigenvalue weighted by molar-refractivity contribution is -0.137. The van der Waals surface area contributed by atoms with Gasteiger partial charge in [-0.15, -0.1) is 0 Å². The van der Waals surface area contributed by atoms with Crippen LogP contribution in [0.25, 0.3) is 0 Å². The lowest BCUT2D eigenvalue weighted by Crippen LogP contribution is -2.47. The van der Waals surface area contributed by atoms with Crippen LogP contribution >= 0.6 is 0 Å². The molecule has 2 amide bonds. The van der Waals surface area contributed by atoms with Crippen LogP contribution in [0.3, 0.4) is 0 Å². The molecule has 0 saturated carbocycles. The van der Waals surface area contributed by atoms with Gasteiger partial charge in [0.25, 0.3) is 0 Å². The van der Waals surface area contributed by atoms with Gasteiger partial charge in [-0.1, -0.05) is 13.8 Å². The molecule has 106 valence electrons. The molecule has 0 aromatic rings. The fourth-order valence-electron chi connectivity index (χ4n) is 1.59. The average molecular weight is 260 g/mol. The SMILES string of the molecule is CCN(CC(=O)O)C(=O)N(CCOC)CC(C)C. The van der Waals surface area contributed by atoms with Crippen molar-refractivity contribution in [2.24, 2.45) is 5.92 Å². The van der Waals surface area contributed by atoms with Crippen LogP contribution in [0, 0.1) is 5.92 Å². The molecular formula is C12H24N2O4. The molecule has 6 nitrogen and oxygen atoms in total. The van der Waals surface area contributed by atoms with Crippen LogP contribution in [0.4, 0.5) is 4.79 Å². The van der Waals surface area contributed by atoms with Gasteiger partial charge in [-0.05, 0) is 12.8 Å². The summed E-state index contributed by atoms with van der Waals surface area (Å²) in [6, 6.07) is -0.245. The molecule has 0 fully saturated rings. The zero-order valence-electron chi connectivity index (χ0n) is 11.7. The summed E-state index contributed by atoms with van der Waals surface area (Å²) in [4.78, 5) is 25.8. The molecule has 0 aliphatic heterocycles. The molecule has 0 rings (SSSR count). The standard InChI is InChI=1S/C12H24N2O4/c1-5-13(9-11(15)16)12(17)14(6-7-18-4)8-10(2)3/h10H,5-9H2,1-4H3,(H,15,16). The largest absolute Gasteiger partial charge is 0.480 e. The number of amides is 2. The smallest absolute Gasteiger partial charge is 0.323 e. The maximum atomic E-state index is 12.2. The van der Waals surface area contributed by atoms with Crippen molar-refractivity contribution in [3.8, 4) is 0 Å². The number of rotatable bonds is 8. The number of carbonyl (C=O) groups excluding carboxylic acids is 1. The Labute approximate surface area is 109 Å². The summed E-state index contributed by atoms with van der Waals surface area (Å²) in [6.07, 6.45) is 0. The van der Waals surface area contributed by atoms with Crippen molar-refractivity contribution < 1.29 is 19.4 Å². The topological polar surface area (TPSA) is 70.1 Å². The zero-order chi connectivity index (χ0) is 14.1. The third-order valence-corrected chi connectivity index (χ3v) is 2.40. The number of aliphatic carboxylic acids is 1. The Kier molecular flexibility index (Phi) is 8.11. The van der Waals surface area contributed by atoms with Gasteiger partial charge in [0.05, 0.1) is 6.61 Å². The van der Waals surface area contributed by atoms with E-state index in [0.717, 1.165) is 0 Å². The van der Waals surface area contributed by atoms with E-state index < -0.39 is 5.97 Å². The lowest BCUT2D eigenvalue weighted by atomic mass is 10.2. The van der Waals surface area contributed by atoms with E-state index in [0.29, 0.717) is 32.2 Å². The quantitative estimate of drug-likeness (QED) is 0.710. The number of ether oxygens (including phenoxy) is 1. The van der Waals surface area contributed by atoms with Crippen molar-refractivity contribution in [1.82, 2.24) is 9.80 Å². The van der Waals surface area contributed by atoms with E-state index in [9.17, 15) is 9.59 Å². The molecule has 0 aliphatic carbocycles. The second-order valence-corrected chi connectivity index (χ2v) is 4.52. The molecule has 6 heteroatoms. The summed E-state index contributed by atoms with van der Waals surface area (Å²) < 4.78 is 4.97. The Morgan fingerprint density at radius 1 is 1.28 bits per heavy atom. The maximum Gasteiger partial charge on any atom is 0.323 e. The number of urea groups is 1. The Morgan fingerprint density at radius 3 is 2.28 bits per heavy atom. The van der Waals surface area contributed by atoms with Crippen molar-refractivity contribution >= 4 is 12.0 Å². The van der Waals surface area contributed by atoms with E-state index >= 15 is 0 Å². The highest BCUT2D eigenvalue weighted by Gasteiger charge is 2.21. The van der Waals surface area contributed by atoms with Crippen LogP contribution < -0.4 is 0 Å². The number of hydrogen-bond donors (Lipinski definition) is 1. The van der Waals surface area contributed by atoms with Gasteiger partial charge in [-0.2, -0.15) is 0 Å². The molecule has 18 heavy (non-hydrogen) atoms. The molecule has 0 bridgehead atoms. The van der Waals surface area contributed by atoms with Crippen LogP contribution in [0.2, 0.25) is 0 Å². The third-order valence-electron chi connectivity index (χ3n) is 2.40. The molecular weight excluding hydrogens is 236 g/mol. The molecule has 0 atom stereocenters. The van der Waals surface area contributed by atoms with Crippen molar-refractivity contribution in [2.45, 2.75) is 20.8 Å². The molecule has 1 N–H and O–H groups in total. The fourth-order valence-corrected chi connectivity index (χ4v) is 1.59. The summed E-state index contributed by atoms with van der Waals surface area (Å²) in [5, 5.41) is 8.77. The maximum absolute atomic E-state index is 12.2. The second kappa shape index (κ2) is 8.74. The van der Waals surface area contributed by atoms with Crippen LogP contribution in [-0.4, -0.2) is 66.8 Å². The van der Waals surface area contributed by atoms with Crippen LogP contribution in [0.5, 0.6) is 0 Å². The van der Waals surface area contributed by atoms with Crippen LogP contribution in [-0.2, 0) is 9.53 Å². The second-order valence-electron chi connectivity index (χ2n) is 4.52. The van der Waals surface area contributed by atoms with Gasteiger partial charge in [0.1, 0.15) is 6.54 Å². The summed E-state index contributed by atoms with van der Waals surface area (Å²) in [7, 11) is 1.58. The number of nitrogens with zero attached hydrogens (tertiary/aromatic N) is 2. The normalized spacial score (nSPS) is 10.5. The number of methoxy groups -OCH3 is 1. The summed E-state index contributed by atoms with van der Waals surface area (Å²) >= 11 is 0. The minimum atomic E-state index is -0.999. The minimum absolute atomic E-state index is 0.245. The van der Waals surface area contributed by atoms with Gasteiger partial charge in [-0.25, -0.2) is 4.79 Å². The van der Waals surface area contributed by atoms with E-state index in [1.807, 2.05) is 13.8 Å². The number of likely N-dealkylation sites (N-methyl/N-ethyl adjacent to an activating group) is 1. The van der Waals surface area contributed by atoms with Gasteiger partial charge in [0.2, 0.25) is 0 Å². The third kappa shape index (κ3) is 6.44. The Balaban J connectivity index is 4.62. The number of carboxylic acid groups (broad SMARTS) is 1. The van der Waals surface area contributed by atoms with Crippen molar-refractivity contribution in [2.75, 3.05) is 39.9 Å². The van der Waals surface area contributed by atoms with Crippen LogP contribution in [0.1, 0.15) is 20.8 Å². The van der Waals surface area contributed by atoms with Gasteiger partial charge in [0, 0.05) is 26.7 Å². The predicted octanol–water partition coefficient (Wildman–Crippen LogP) is 1.12. The molecule has 0 aliphatic rings. The van der Waals surface area contributed by atoms with Gasteiger partial charge in [-0.3, -0.25) is 4.79 Å². The first-order valence-electron chi connectivity index (χ1n) is 6.16. The van der Waals surface area contributed by atoms with Crippen LogP contribution in [0.15, 0.2) is 0 Å². The van der Waals surface area contributed by atoms with Crippen molar-refractivity contribution in [1.29, 1.82) is 0 Å². The molecule has 0 aromatic carbocycles. The highest BCUT2D eigenvalue weighted by atomic mass is 16.5. The van der Waals surface area contributed by atoms with Gasteiger partial charge in [0.15, 0.2) is 0 Å². The van der Waals surface area contributed by atoms with E-state index in [1.165, 1.54) is 4.90 Å². The monoisotopic (exact) mass is 260 g/mol. The van der Waals surface area contributed by atoms with E-state index in [4.69, 9.17) is 9.84 Å². The Bertz CT molecular complexity index is 269. The van der Waals surface area contributed by atoms with Gasteiger partial charge >= 0.3 is 12.0 Å². The number of hydrogen-bond acceptors (Lipinski definition) is 3. The van der Waals surface area contributed by atoms with E-state index in [-0.39, 0.29) is 12.6 Å². The van der Waals surface area contributed by atoms with E-state index in [2.05, 4.69) is 0 Å². The predicted molar refractivity (Wildman–Crippen MR) is 68.6 cm³/mol. The molecule has 0 aromatic heterocycles. The first kappa shape index (κ1) is 16.7. The van der Waals surface area contributed by atoms with Crippen molar-refractivity contribution in [3.05, 3.63) is 0 Å². The number of carboxylic acids is 1. The fraction of sp³-hybridized carbons (Fsp3) is 0.833. The minimum Gasteiger partial charge on any atom is -0.480 e. The molecule has 0 radical (unpaired) electrons. The van der Waals surface area contributed by atoms with E-state index in [1.54, 1.807) is 18.9 Å². The molecule has 0 unspecified atom stereocenters. The zero-order valence-corrected chi connectivity index (χ0v) is 11.7. The van der Waals surface area contributed by atoms with Gasteiger partial charge < -0.3 is 19.6 Å². The molecule has 0 saturated heterocycles. The molecule has 0 heterocycles. The first-order valence-corrected chi connectivity index (χ1v) is 6.16. The molecule has 0 spiro atoms. The lowest BCUT2D eigenvalue weighted by Gasteiger charge is -2.30. The summed E-state index contributed by atoms with van der Waals surface area (Å²) in [5.41, 5.74) is 0. The summed E-state index contributed by atoms with van der Waals surface area (Å²) in [6.45, 7) is 7.43. The highest BCUT2D eigenvalue weighted by Crippen LogP contribution is 2.04. The summed E-state index contributed by atoms with van der Waals surface area (Å²) in [5.74, 6) is -0.671. The average Bonchev–Trinajstić information content (AvgIpc) is 2.29. The Hall–Kier alpha value is -1.30. The highest BCUT2D eigenvalue weighted by molar-refractivity contribution is 5.80. The number of carbonyl (C=O) groups is 2.